The van der Waals surface area contributed by atoms with Crippen LogP contribution in [0.4, 0.5) is 17.1 Å². The van der Waals surface area contributed by atoms with Gasteiger partial charge in [-0.3, -0.25) is 0 Å². The summed E-state index contributed by atoms with van der Waals surface area (Å²) < 4.78 is 23.1. The van der Waals surface area contributed by atoms with Gasteiger partial charge in [0, 0.05) is 23.6 Å². The minimum Gasteiger partial charge on any atom is -0.399 e. The summed E-state index contributed by atoms with van der Waals surface area (Å²) in [6, 6.07) is 12.5. The predicted molar refractivity (Wildman–Crippen MR) is 86.1 cm³/mol. The monoisotopic (exact) mass is 305 g/mol. The summed E-state index contributed by atoms with van der Waals surface area (Å²) >= 11 is 0. The predicted octanol–water partition coefficient (Wildman–Crippen LogP) is 2.38. The summed E-state index contributed by atoms with van der Waals surface area (Å²) in [6.07, 6.45) is 0. The van der Waals surface area contributed by atoms with Crippen LogP contribution < -0.4 is 15.8 Å². The maximum atomic E-state index is 11.6. The SMILES string of the molecule is CCN(c1cc(N)cc(S(N)(=O)=O)c1)c1ccccc1C. The number of anilines is 3. The molecule has 4 N–H and O–H groups in total. The molecular weight excluding hydrogens is 286 g/mol. The fraction of sp³-hybridized carbons (Fsp3) is 0.200. The standard InChI is InChI=1S/C15H19N3O2S/c1-3-18(15-7-5-4-6-11(15)2)13-8-12(16)9-14(10-13)21(17,19)20/h4-10H,3,16H2,1-2H3,(H2,17,19,20). The van der Waals surface area contributed by atoms with Crippen LogP contribution >= 0.6 is 0 Å². The molecule has 0 aliphatic rings. The number of primary sulfonamides is 1. The number of nitrogen functional groups attached to an aromatic ring is 1. The van der Waals surface area contributed by atoms with Gasteiger partial charge in [0.25, 0.3) is 0 Å². The lowest BCUT2D eigenvalue weighted by molar-refractivity contribution is 0.598. The van der Waals surface area contributed by atoms with Crippen molar-refractivity contribution in [1.29, 1.82) is 0 Å². The average molecular weight is 305 g/mol. The van der Waals surface area contributed by atoms with Crippen molar-refractivity contribution in [1.82, 2.24) is 0 Å². The second kappa shape index (κ2) is 5.75. The molecule has 0 atom stereocenters. The minimum atomic E-state index is -3.79. The highest BCUT2D eigenvalue weighted by molar-refractivity contribution is 7.89. The van der Waals surface area contributed by atoms with E-state index in [1.54, 1.807) is 12.1 Å². The molecule has 0 saturated heterocycles. The second-order valence-corrected chi connectivity index (χ2v) is 6.40. The Morgan fingerprint density at radius 2 is 1.81 bits per heavy atom. The van der Waals surface area contributed by atoms with Gasteiger partial charge in [-0.1, -0.05) is 18.2 Å². The van der Waals surface area contributed by atoms with E-state index in [-0.39, 0.29) is 4.90 Å². The molecule has 0 heterocycles. The lowest BCUT2D eigenvalue weighted by atomic mass is 10.1. The van der Waals surface area contributed by atoms with Crippen molar-refractivity contribution < 1.29 is 8.42 Å². The summed E-state index contributed by atoms with van der Waals surface area (Å²) in [6.45, 7) is 4.68. The van der Waals surface area contributed by atoms with Gasteiger partial charge in [-0.05, 0) is 43.7 Å². The summed E-state index contributed by atoms with van der Waals surface area (Å²) in [5, 5.41) is 5.20. The molecular formula is C15H19N3O2S. The molecule has 2 rings (SSSR count). The first kappa shape index (κ1) is 15.3. The minimum absolute atomic E-state index is 0.0181. The van der Waals surface area contributed by atoms with E-state index in [4.69, 9.17) is 10.9 Å². The van der Waals surface area contributed by atoms with Gasteiger partial charge in [0.05, 0.1) is 4.90 Å². The van der Waals surface area contributed by atoms with Crippen LogP contribution in [-0.2, 0) is 10.0 Å². The van der Waals surface area contributed by atoms with Crippen molar-refractivity contribution in [2.24, 2.45) is 5.14 Å². The van der Waals surface area contributed by atoms with Crippen LogP contribution in [-0.4, -0.2) is 15.0 Å². The van der Waals surface area contributed by atoms with Crippen LogP contribution in [0.15, 0.2) is 47.4 Å². The number of hydrogen-bond acceptors (Lipinski definition) is 4. The molecule has 0 fully saturated rings. The smallest absolute Gasteiger partial charge is 0.238 e. The van der Waals surface area contributed by atoms with Gasteiger partial charge < -0.3 is 10.6 Å². The number of sulfonamides is 1. The number of nitrogens with two attached hydrogens (primary N) is 2. The molecule has 2 aromatic rings. The number of aryl methyl sites for hydroxylation is 1. The normalized spacial score (nSPS) is 11.4. The fourth-order valence-corrected chi connectivity index (χ4v) is 2.87. The third kappa shape index (κ3) is 3.34. The van der Waals surface area contributed by atoms with Crippen molar-refractivity contribution in [2.45, 2.75) is 18.7 Å². The molecule has 0 saturated carbocycles. The molecule has 0 aromatic heterocycles. The summed E-state index contributed by atoms with van der Waals surface area (Å²) in [5.41, 5.74) is 8.99. The highest BCUT2D eigenvalue weighted by atomic mass is 32.2. The first-order chi connectivity index (χ1) is 9.82. The topological polar surface area (TPSA) is 89.4 Å². The zero-order valence-corrected chi connectivity index (χ0v) is 12.9. The van der Waals surface area contributed by atoms with Crippen LogP contribution in [0.3, 0.4) is 0 Å². The van der Waals surface area contributed by atoms with Gasteiger partial charge in [0.1, 0.15) is 0 Å². The van der Waals surface area contributed by atoms with Crippen molar-refractivity contribution in [2.75, 3.05) is 17.2 Å². The summed E-state index contributed by atoms with van der Waals surface area (Å²) in [7, 11) is -3.79. The van der Waals surface area contributed by atoms with E-state index in [1.807, 2.05) is 43.0 Å². The Kier molecular flexibility index (Phi) is 4.20. The molecule has 0 spiro atoms. The molecule has 112 valence electrons. The second-order valence-electron chi connectivity index (χ2n) is 4.84. The maximum Gasteiger partial charge on any atom is 0.238 e. The summed E-state index contributed by atoms with van der Waals surface area (Å²) in [5.74, 6) is 0. The van der Waals surface area contributed by atoms with Crippen LogP contribution in [0.25, 0.3) is 0 Å². The number of benzene rings is 2. The van der Waals surface area contributed by atoms with Crippen molar-refractivity contribution in [3.05, 3.63) is 48.0 Å². The third-order valence-electron chi connectivity index (χ3n) is 3.28. The van der Waals surface area contributed by atoms with Crippen molar-refractivity contribution in [3.8, 4) is 0 Å². The zero-order chi connectivity index (χ0) is 15.6. The van der Waals surface area contributed by atoms with E-state index in [0.29, 0.717) is 17.9 Å². The molecule has 5 nitrogen and oxygen atoms in total. The van der Waals surface area contributed by atoms with E-state index in [0.717, 1.165) is 11.3 Å². The first-order valence-corrected chi connectivity index (χ1v) is 8.14. The molecule has 21 heavy (non-hydrogen) atoms. The van der Waals surface area contributed by atoms with E-state index in [2.05, 4.69) is 0 Å². The Hall–Kier alpha value is -2.05. The molecule has 0 bridgehead atoms. The maximum absolute atomic E-state index is 11.6. The third-order valence-corrected chi connectivity index (χ3v) is 4.17. The Morgan fingerprint density at radius 1 is 1.14 bits per heavy atom. The average Bonchev–Trinajstić information content (AvgIpc) is 2.40. The number of nitrogens with zero attached hydrogens (tertiary/aromatic N) is 1. The van der Waals surface area contributed by atoms with Crippen molar-refractivity contribution in [3.63, 3.8) is 0 Å². The Balaban J connectivity index is 2.59. The van der Waals surface area contributed by atoms with Gasteiger partial charge in [-0.2, -0.15) is 0 Å². The van der Waals surface area contributed by atoms with Crippen molar-refractivity contribution >= 4 is 27.1 Å². The van der Waals surface area contributed by atoms with Gasteiger partial charge in [-0.15, -0.1) is 0 Å². The Labute approximate surface area is 125 Å². The number of para-hydroxylation sites is 1. The quantitative estimate of drug-likeness (QED) is 0.849. The molecule has 0 radical (unpaired) electrons. The fourth-order valence-electron chi connectivity index (χ4n) is 2.28. The van der Waals surface area contributed by atoms with Gasteiger partial charge in [-0.25, -0.2) is 13.6 Å². The van der Waals surface area contributed by atoms with E-state index >= 15 is 0 Å². The van der Waals surface area contributed by atoms with Gasteiger partial charge in [0.2, 0.25) is 10.0 Å². The van der Waals surface area contributed by atoms with E-state index in [1.165, 1.54) is 6.07 Å². The number of hydrogen-bond donors (Lipinski definition) is 2. The lowest BCUT2D eigenvalue weighted by Crippen LogP contribution is -2.19. The zero-order valence-electron chi connectivity index (χ0n) is 12.1. The highest BCUT2D eigenvalue weighted by Gasteiger charge is 2.15. The molecule has 2 aromatic carbocycles. The van der Waals surface area contributed by atoms with Crippen LogP contribution in [0.5, 0.6) is 0 Å². The lowest BCUT2D eigenvalue weighted by Gasteiger charge is -2.25. The van der Waals surface area contributed by atoms with E-state index in [9.17, 15) is 8.42 Å². The number of rotatable bonds is 4. The molecule has 0 amide bonds. The largest absolute Gasteiger partial charge is 0.399 e. The Morgan fingerprint density at radius 3 is 2.38 bits per heavy atom. The molecule has 0 unspecified atom stereocenters. The van der Waals surface area contributed by atoms with Gasteiger partial charge in [0.15, 0.2) is 0 Å². The van der Waals surface area contributed by atoms with Crippen LogP contribution in [0.1, 0.15) is 12.5 Å². The van der Waals surface area contributed by atoms with Gasteiger partial charge >= 0.3 is 0 Å². The van der Waals surface area contributed by atoms with E-state index < -0.39 is 10.0 Å². The molecule has 0 aliphatic carbocycles. The first-order valence-electron chi connectivity index (χ1n) is 6.59. The molecule has 6 heteroatoms. The molecule has 0 aliphatic heterocycles. The Bertz CT molecular complexity index is 757. The van der Waals surface area contributed by atoms with Crippen LogP contribution in [0, 0.1) is 6.92 Å². The van der Waals surface area contributed by atoms with Crippen LogP contribution in [0.2, 0.25) is 0 Å². The summed E-state index contributed by atoms with van der Waals surface area (Å²) in [4.78, 5) is 2.02. The highest BCUT2D eigenvalue weighted by Crippen LogP contribution is 2.31.